The minimum absolute atomic E-state index is 0.198. The molecular weight excluding hydrogens is 308 g/mol. The van der Waals surface area contributed by atoms with Crippen LogP contribution in [0.5, 0.6) is 0 Å². The van der Waals surface area contributed by atoms with E-state index in [1.807, 2.05) is 6.92 Å². The van der Waals surface area contributed by atoms with Crippen LogP contribution >= 0.6 is 11.6 Å². The van der Waals surface area contributed by atoms with Crippen molar-refractivity contribution in [2.45, 2.75) is 18.2 Å². The molecule has 2 rings (SSSR count). The molecule has 0 aliphatic heterocycles. The van der Waals surface area contributed by atoms with Gasteiger partial charge in [-0.3, -0.25) is 4.31 Å². The van der Waals surface area contributed by atoms with Gasteiger partial charge in [0.25, 0.3) is 10.0 Å². The predicted octanol–water partition coefficient (Wildman–Crippen LogP) is 3.53. The van der Waals surface area contributed by atoms with Crippen LogP contribution < -0.4 is 10.0 Å². The lowest BCUT2D eigenvalue weighted by molar-refractivity contribution is 0.590. The second-order valence-electron chi connectivity index (χ2n) is 4.59. The van der Waals surface area contributed by atoms with Crippen LogP contribution in [0.4, 0.5) is 11.4 Å². The Labute approximate surface area is 130 Å². The minimum Gasteiger partial charge on any atom is -0.397 e. The quantitative estimate of drug-likeness (QED) is 0.856. The molecule has 0 aromatic heterocycles. The normalized spacial score (nSPS) is 11.3. The van der Waals surface area contributed by atoms with E-state index in [4.69, 9.17) is 17.3 Å². The van der Waals surface area contributed by atoms with Crippen molar-refractivity contribution < 1.29 is 8.42 Å². The van der Waals surface area contributed by atoms with Crippen LogP contribution in [-0.2, 0) is 10.0 Å². The van der Waals surface area contributed by atoms with E-state index in [2.05, 4.69) is 0 Å². The zero-order valence-corrected chi connectivity index (χ0v) is 13.2. The summed E-state index contributed by atoms with van der Waals surface area (Å²) in [5, 5.41) is 0.496. The smallest absolute Gasteiger partial charge is 0.264 e. The van der Waals surface area contributed by atoms with Gasteiger partial charge >= 0.3 is 0 Å². The van der Waals surface area contributed by atoms with E-state index in [1.54, 1.807) is 36.4 Å². The fraction of sp³-hybridized carbons (Fsp3) is 0.200. The van der Waals surface area contributed by atoms with Gasteiger partial charge in [-0.1, -0.05) is 30.7 Å². The molecule has 2 N–H and O–H groups in total. The average Bonchev–Trinajstić information content (AvgIpc) is 2.46. The summed E-state index contributed by atoms with van der Waals surface area (Å²) in [4.78, 5) is 0.198. The first kappa shape index (κ1) is 15.7. The Kier molecular flexibility index (Phi) is 4.75. The van der Waals surface area contributed by atoms with Crippen molar-refractivity contribution in [2.75, 3.05) is 16.6 Å². The van der Waals surface area contributed by atoms with Gasteiger partial charge in [0.15, 0.2) is 0 Å². The Morgan fingerprint density at radius 1 is 1.10 bits per heavy atom. The molecule has 0 heterocycles. The van der Waals surface area contributed by atoms with Gasteiger partial charge in [-0.2, -0.15) is 0 Å². The van der Waals surface area contributed by atoms with Gasteiger partial charge in [0.2, 0.25) is 0 Å². The lowest BCUT2D eigenvalue weighted by Crippen LogP contribution is -2.32. The Hall–Kier alpha value is -1.72. The molecule has 2 aromatic rings. The molecule has 0 saturated carbocycles. The van der Waals surface area contributed by atoms with Crippen molar-refractivity contribution in [3.8, 4) is 0 Å². The Balaban J connectivity index is 2.51. The number of nitrogens with two attached hydrogens (primary N) is 1. The van der Waals surface area contributed by atoms with Crippen molar-refractivity contribution >= 4 is 33.0 Å². The molecule has 0 amide bonds. The van der Waals surface area contributed by atoms with Gasteiger partial charge in [0.1, 0.15) is 0 Å². The molecule has 112 valence electrons. The largest absolute Gasteiger partial charge is 0.397 e. The van der Waals surface area contributed by atoms with E-state index in [1.165, 1.54) is 16.4 Å². The maximum atomic E-state index is 12.8. The molecule has 0 aliphatic carbocycles. The standard InChI is InChI=1S/C15H17ClN2O2S/c1-2-11-18(15-6-4-3-5-14(15)17)21(19,20)13-9-7-12(16)8-10-13/h3-10H,2,11,17H2,1H3. The number of nitrogen functional groups attached to an aromatic ring is 1. The lowest BCUT2D eigenvalue weighted by Gasteiger charge is -2.25. The zero-order valence-electron chi connectivity index (χ0n) is 11.7. The molecule has 0 atom stereocenters. The number of halogens is 1. The van der Waals surface area contributed by atoms with Crippen LogP contribution in [0.3, 0.4) is 0 Å². The summed E-state index contributed by atoms with van der Waals surface area (Å²) in [7, 11) is -3.66. The molecule has 0 fully saturated rings. The van der Waals surface area contributed by atoms with Crippen molar-refractivity contribution in [2.24, 2.45) is 0 Å². The van der Waals surface area contributed by atoms with Crippen molar-refractivity contribution in [3.05, 3.63) is 53.6 Å². The molecule has 0 unspecified atom stereocenters. The summed E-state index contributed by atoms with van der Waals surface area (Å²) in [5.74, 6) is 0. The van der Waals surface area contributed by atoms with Gasteiger partial charge in [0, 0.05) is 11.6 Å². The number of hydrogen-bond acceptors (Lipinski definition) is 3. The monoisotopic (exact) mass is 324 g/mol. The van der Waals surface area contributed by atoms with Crippen LogP contribution in [0.15, 0.2) is 53.4 Å². The van der Waals surface area contributed by atoms with Crippen molar-refractivity contribution in [1.29, 1.82) is 0 Å². The lowest BCUT2D eigenvalue weighted by atomic mass is 10.2. The highest BCUT2D eigenvalue weighted by atomic mass is 35.5. The summed E-state index contributed by atoms with van der Waals surface area (Å²) >= 11 is 5.82. The van der Waals surface area contributed by atoms with Crippen molar-refractivity contribution in [3.63, 3.8) is 0 Å². The summed E-state index contributed by atoms with van der Waals surface area (Å²) in [5.41, 5.74) is 6.85. The molecule has 0 saturated heterocycles. The van der Waals surface area contributed by atoms with E-state index in [0.29, 0.717) is 29.4 Å². The Bertz CT molecular complexity index is 715. The maximum Gasteiger partial charge on any atom is 0.264 e. The second-order valence-corrected chi connectivity index (χ2v) is 6.89. The predicted molar refractivity (Wildman–Crippen MR) is 87.1 cm³/mol. The van der Waals surface area contributed by atoms with E-state index in [9.17, 15) is 8.42 Å². The molecular formula is C15H17ClN2O2S. The molecule has 4 nitrogen and oxygen atoms in total. The third-order valence-electron chi connectivity index (χ3n) is 3.03. The molecule has 0 aliphatic rings. The molecule has 0 radical (unpaired) electrons. The van der Waals surface area contributed by atoms with E-state index in [-0.39, 0.29) is 4.90 Å². The SMILES string of the molecule is CCCN(c1ccccc1N)S(=O)(=O)c1ccc(Cl)cc1. The number of anilines is 2. The van der Waals surface area contributed by atoms with Crippen molar-refractivity contribution in [1.82, 2.24) is 0 Å². The first-order chi connectivity index (χ1) is 9.96. The highest BCUT2D eigenvalue weighted by Gasteiger charge is 2.25. The van der Waals surface area contributed by atoms with Gasteiger partial charge in [0.05, 0.1) is 16.3 Å². The van der Waals surface area contributed by atoms with Gasteiger partial charge < -0.3 is 5.73 Å². The van der Waals surface area contributed by atoms with Crippen LogP contribution in [0.1, 0.15) is 13.3 Å². The number of nitrogens with zero attached hydrogens (tertiary/aromatic N) is 1. The van der Waals surface area contributed by atoms with Crippen LogP contribution in [0.25, 0.3) is 0 Å². The molecule has 0 spiro atoms. The van der Waals surface area contributed by atoms with Gasteiger partial charge in [-0.25, -0.2) is 8.42 Å². The summed E-state index contributed by atoms with van der Waals surface area (Å²) in [6.45, 7) is 2.28. The number of sulfonamides is 1. The molecule has 21 heavy (non-hydrogen) atoms. The number of para-hydroxylation sites is 2. The second kappa shape index (κ2) is 6.37. The first-order valence-corrected chi connectivity index (χ1v) is 8.41. The maximum absolute atomic E-state index is 12.8. The van der Waals surface area contributed by atoms with Gasteiger partial charge in [-0.15, -0.1) is 0 Å². The van der Waals surface area contributed by atoms with E-state index in [0.717, 1.165) is 0 Å². The van der Waals surface area contributed by atoms with Crippen LogP contribution in [0.2, 0.25) is 5.02 Å². The highest BCUT2D eigenvalue weighted by Crippen LogP contribution is 2.29. The molecule has 2 aromatic carbocycles. The molecule has 6 heteroatoms. The minimum atomic E-state index is -3.66. The fourth-order valence-corrected chi connectivity index (χ4v) is 3.73. The summed E-state index contributed by atoms with van der Waals surface area (Å²) in [6, 6.07) is 13.1. The third kappa shape index (κ3) is 3.31. The number of benzene rings is 2. The number of rotatable bonds is 5. The summed E-state index contributed by atoms with van der Waals surface area (Å²) in [6.07, 6.45) is 0.682. The summed E-state index contributed by atoms with van der Waals surface area (Å²) < 4.78 is 27.0. The van der Waals surface area contributed by atoms with Crippen LogP contribution in [0, 0.1) is 0 Å². The number of hydrogen-bond donors (Lipinski definition) is 1. The van der Waals surface area contributed by atoms with Gasteiger partial charge in [-0.05, 0) is 42.8 Å². The highest BCUT2D eigenvalue weighted by molar-refractivity contribution is 7.92. The molecule has 0 bridgehead atoms. The zero-order chi connectivity index (χ0) is 15.5. The Morgan fingerprint density at radius 2 is 1.71 bits per heavy atom. The van der Waals surface area contributed by atoms with E-state index < -0.39 is 10.0 Å². The van der Waals surface area contributed by atoms with Crippen LogP contribution in [-0.4, -0.2) is 15.0 Å². The van der Waals surface area contributed by atoms with E-state index >= 15 is 0 Å². The first-order valence-electron chi connectivity index (χ1n) is 6.59. The average molecular weight is 325 g/mol. The fourth-order valence-electron chi connectivity index (χ4n) is 2.02. The third-order valence-corrected chi connectivity index (χ3v) is 5.11. The topological polar surface area (TPSA) is 63.4 Å². The Morgan fingerprint density at radius 3 is 2.29 bits per heavy atom.